The first-order valence-corrected chi connectivity index (χ1v) is 14.1. The molecule has 0 unspecified atom stereocenters. The SMILES string of the molecule is O=C(c1csc(CSc2nnc(Cc3ccccc3)n2-c2ccccc2)n1)N1CCc2ccccc2C1. The first-order chi connectivity index (χ1) is 18.2. The van der Waals surface area contributed by atoms with Gasteiger partial charge in [0.15, 0.2) is 5.16 Å². The molecule has 0 saturated carbocycles. The van der Waals surface area contributed by atoms with Crippen LogP contribution < -0.4 is 0 Å². The monoisotopic (exact) mass is 523 g/mol. The van der Waals surface area contributed by atoms with Gasteiger partial charge in [-0.3, -0.25) is 9.36 Å². The summed E-state index contributed by atoms with van der Waals surface area (Å²) >= 11 is 3.11. The highest BCUT2D eigenvalue weighted by molar-refractivity contribution is 7.98. The molecule has 3 heterocycles. The van der Waals surface area contributed by atoms with E-state index >= 15 is 0 Å². The molecule has 0 aliphatic carbocycles. The lowest BCUT2D eigenvalue weighted by Crippen LogP contribution is -2.36. The van der Waals surface area contributed by atoms with E-state index in [9.17, 15) is 4.79 Å². The van der Waals surface area contributed by atoms with Crippen molar-refractivity contribution >= 4 is 29.0 Å². The molecule has 2 aromatic heterocycles. The van der Waals surface area contributed by atoms with Crippen LogP contribution in [0.3, 0.4) is 0 Å². The molecule has 3 aromatic carbocycles. The van der Waals surface area contributed by atoms with Crippen LogP contribution in [0.1, 0.15) is 38.0 Å². The Bertz CT molecular complexity index is 1510. The van der Waals surface area contributed by atoms with Crippen LogP contribution >= 0.6 is 23.1 Å². The largest absolute Gasteiger partial charge is 0.333 e. The van der Waals surface area contributed by atoms with Gasteiger partial charge in [-0.25, -0.2) is 4.98 Å². The first-order valence-electron chi connectivity index (χ1n) is 12.2. The molecular weight excluding hydrogens is 498 g/mol. The Labute approximate surface area is 224 Å². The van der Waals surface area contributed by atoms with E-state index in [1.54, 1.807) is 11.8 Å². The van der Waals surface area contributed by atoms with E-state index in [1.807, 2.05) is 52.7 Å². The van der Waals surface area contributed by atoms with Gasteiger partial charge in [-0.05, 0) is 35.2 Å². The summed E-state index contributed by atoms with van der Waals surface area (Å²) in [6.45, 7) is 1.36. The number of thiazole rings is 1. The van der Waals surface area contributed by atoms with Crippen molar-refractivity contribution in [3.05, 3.63) is 124 Å². The molecule has 0 N–H and O–H groups in total. The highest BCUT2D eigenvalue weighted by Crippen LogP contribution is 2.28. The van der Waals surface area contributed by atoms with Gasteiger partial charge in [0.1, 0.15) is 16.5 Å². The third-order valence-corrected chi connectivity index (χ3v) is 8.41. The van der Waals surface area contributed by atoms with Crippen molar-refractivity contribution in [1.82, 2.24) is 24.6 Å². The molecule has 0 atom stereocenters. The summed E-state index contributed by atoms with van der Waals surface area (Å²) in [7, 11) is 0. The van der Waals surface area contributed by atoms with Gasteiger partial charge in [0, 0.05) is 30.6 Å². The number of carbonyl (C=O) groups is 1. The van der Waals surface area contributed by atoms with Crippen LogP contribution in [0, 0.1) is 0 Å². The number of thioether (sulfide) groups is 1. The third kappa shape index (κ3) is 5.21. The van der Waals surface area contributed by atoms with Gasteiger partial charge >= 0.3 is 0 Å². The summed E-state index contributed by atoms with van der Waals surface area (Å²) in [5.74, 6) is 1.51. The minimum atomic E-state index is -0.000368. The summed E-state index contributed by atoms with van der Waals surface area (Å²) in [5, 5.41) is 12.6. The second-order valence-corrected chi connectivity index (χ2v) is 10.8. The summed E-state index contributed by atoms with van der Waals surface area (Å²) < 4.78 is 2.11. The maximum Gasteiger partial charge on any atom is 0.273 e. The Balaban J connectivity index is 1.18. The number of hydrogen-bond donors (Lipinski definition) is 0. The fourth-order valence-corrected chi connectivity index (χ4v) is 6.31. The van der Waals surface area contributed by atoms with Crippen LogP contribution in [0.5, 0.6) is 0 Å². The van der Waals surface area contributed by atoms with E-state index in [-0.39, 0.29) is 5.91 Å². The Kier molecular flexibility index (Phi) is 6.84. The van der Waals surface area contributed by atoms with E-state index in [2.05, 4.69) is 62.2 Å². The number of carbonyl (C=O) groups excluding carboxylic acids is 1. The lowest BCUT2D eigenvalue weighted by Gasteiger charge is -2.28. The van der Waals surface area contributed by atoms with Crippen molar-refractivity contribution in [2.45, 2.75) is 30.3 Å². The summed E-state index contributed by atoms with van der Waals surface area (Å²) in [5.41, 5.74) is 5.29. The highest BCUT2D eigenvalue weighted by Gasteiger charge is 2.24. The zero-order valence-electron chi connectivity index (χ0n) is 20.2. The van der Waals surface area contributed by atoms with E-state index in [0.717, 1.165) is 34.6 Å². The lowest BCUT2D eigenvalue weighted by molar-refractivity contribution is 0.0729. The van der Waals surface area contributed by atoms with Crippen molar-refractivity contribution < 1.29 is 4.79 Å². The smallest absolute Gasteiger partial charge is 0.273 e. The van der Waals surface area contributed by atoms with Gasteiger partial charge in [-0.1, -0.05) is 84.6 Å². The number of aromatic nitrogens is 4. The van der Waals surface area contributed by atoms with Crippen molar-refractivity contribution in [2.75, 3.05) is 6.54 Å². The molecule has 5 aromatic rings. The molecule has 8 heteroatoms. The van der Waals surface area contributed by atoms with E-state index in [0.29, 0.717) is 24.4 Å². The number of benzene rings is 3. The maximum atomic E-state index is 13.1. The van der Waals surface area contributed by atoms with Gasteiger partial charge in [-0.2, -0.15) is 0 Å². The van der Waals surface area contributed by atoms with E-state index < -0.39 is 0 Å². The Morgan fingerprint density at radius 2 is 1.62 bits per heavy atom. The first kappa shape index (κ1) is 23.6. The number of para-hydroxylation sites is 1. The van der Waals surface area contributed by atoms with Crippen molar-refractivity contribution in [3.8, 4) is 5.69 Å². The average Bonchev–Trinajstić information content (AvgIpc) is 3.59. The molecule has 1 aliphatic heterocycles. The second kappa shape index (κ2) is 10.7. The van der Waals surface area contributed by atoms with Crippen molar-refractivity contribution in [1.29, 1.82) is 0 Å². The van der Waals surface area contributed by atoms with Gasteiger partial charge < -0.3 is 4.90 Å². The molecule has 6 nitrogen and oxygen atoms in total. The predicted molar refractivity (Wildman–Crippen MR) is 147 cm³/mol. The summed E-state index contributed by atoms with van der Waals surface area (Å²) in [6, 6.07) is 28.8. The molecular formula is C29H25N5OS2. The zero-order valence-corrected chi connectivity index (χ0v) is 21.8. The predicted octanol–water partition coefficient (Wildman–Crippen LogP) is 5.81. The number of nitrogens with zero attached hydrogens (tertiary/aromatic N) is 5. The number of hydrogen-bond acceptors (Lipinski definition) is 6. The molecule has 0 spiro atoms. The Hall–Kier alpha value is -3.75. The molecule has 1 amide bonds. The van der Waals surface area contributed by atoms with Crippen LogP contribution in [0.4, 0.5) is 0 Å². The summed E-state index contributed by atoms with van der Waals surface area (Å²) in [6.07, 6.45) is 1.58. The molecule has 0 saturated heterocycles. The van der Waals surface area contributed by atoms with Crippen LogP contribution in [0.2, 0.25) is 0 Å². The normalized spacial score (nSPS) is 12.9. The van der Waals surface area contributed by atoms with Crippen LogP contribution in [0.25, 0.3) is 5.69 Å². The fraction of sp³-hybridized carbons (Fsp3) is 0.172. The van der Waals surface area contributed by atoms with Gasteiger partial charge in [0.05, 0.1) is 5.75 Å². The van der Waals surface area contributed by atoms with Crippen molar-refractivity contribution in [2.24, 2.45) is 0 Å². The van der Waals surface area contributed by atoms with Gasteiger partial charge in [-0.15, -0.1) is 21.5 Å². The molecule has 0 radical (unpaired) electrons. The molecule has 37 heavy (non-hydrogen) atoms. The number of rotatable bonds is 7. The minimum absolute atomic E-state index is 0.000368. The Morgan fingerprint density at radius 3 is 2.43 bits per heavy atom. The van der Waals surface area contributed by atoms with Gasteiger partial charge in [0.2, 0.25) is 0 Å². The van der Waals surface area contributed by atoms with Crippen LogP contribution in [-0.2, 0) is 25.1 Å². The Morgan fingerprint density at radius 1 is 0.892 bits per heavy atom. The standard InChI is InChI=1S/C29H25N5OS2/c35-28(33-16-15-22-11-7-8-12-23(22)18-33)25-19-36-27(30-25)20-37-29-32-31-26(17-21-9-3-1-4-10-21)34(29)24-13-5-2-6-14-24/h1-14,19H,15-18,20H2. The molecule has 184 valence electrons. The number of fused-ring (bicyclic) bond motifs is 1. The quantitative estimate of drug-likeness (QED) is 0.252. The average molecular weight is 524 g/mol. The van der Waals surface area contributed by atoms with Crippen molar-refractivity contribution in [3.63, 3.8) is 0 Å². The van der Waals surface area contributed by atoms with E-state index in [4.69, 9.17) is 0 Å². The zero-order chi connectivity index (χ0) is 25.0. The molecule has 1 aliphatic rings. The molecule has 0 bridgehead atoms. The molecule has 0 fully saturated rings. The fourth-order valence-electron chi connectivity index (χ4n) is 4.56. The van der Waals surface area contributed by atoms with Gasteiger partial charge in [0.25, 0.3) is 5.91 Å². The topological polar surface area (TPSA) is 63.9 Å². The maximum absolute atomic E-state index is 13.1. The molecule has 6 rings (SSSR count). The van der Waals surface area contributed by atoms with Crippen LogP contribution in [-0.4, -0.2) is 37.1 Å². The second-order valence-electron chi connectivity index (χ2n) is 8.89. The minimum Gasteiger partial charge on any atom is -0.333 e. The lowest BCUT2D eigenvalue weighted by atomic mass is 10.00. The highest BCUT2D eigenvalue weighted by atomic mass is 32.2. The van der Waals surface area contributed by atoms with Crippen LogP contribution in [0.15, 0.2) is 95.5 Å². The third-order valence-electron chi connectivity index (χ3n) is 6.43. The van der Waals surface area contributed by atoms with E-state index in [1.165, 1.54) is 28.0 Å². The number of amides is 1. The summed E-state index contributed by atoms with van der Waals surface area (Å²) in [4.78, 5) is 19.7.